The number of carbonyl (C=O) groups is 1. The molecule has 1 unspecified atom stereocenters. The van der Waals surface area contributed by atoms with Gasteiger partial charge in [0.25, 0.3) is 5.91 Å². The predicted octanol–water partition coefficient (Wildman–Crippen LogP) is 1.87. The highest BCUT2D eigenvalue weighted by atomic mass is 16.4. The molecule has 0 aliphatic rings. The molecule has 0 saturated carbocycles. The van der Waals surface area contributed by atoms with E-state index in [1.54, 1.807) is 0 Å². The summed E-state index contributed by atoms with van der Waals surface area (Å²) in [4.78, 5) is 12.3. The van der Waals surface area contributed by atoms with Crippen molar-refractivity contribution in [2.75, 3.05) is 0 Å². The van der Waals surface area contributed by atoms with Crippen molar-refractivity contribution in [3.8, 4) is 0 Å². The summed E-state index contributed by atoms with van der Waals surface area (Å²) in [6.07, 6.45) is 0.561. The van der Waals surface area contributed by atoms with Gasteiger partial charge in [0.05, 0.1) is 6.04 Å². The molecule has 0 bridgehead atoms. The summed E-state index contributed by atoms with van der Waals surface area (Å²) in [7, 11) is 0. The lowest BCUT2D eigenvalue weighted by Gasteiger charge is -2.17. The van der Waals surface area contributed by atoms with Crippen LogP contribution in [0.3, 0.4) is 0 Å². The molecule has 1 atom stereocenters. The van der Waals surface area contributed by atoms with Crippen LogP contribution in [0.25, 0.3) is 0 Å². The van der Waals surface area contributed by atoms with Crippen LogP contribution in [0.4, 0.5) is 0 Å². The normalized spacial score (nSPS) is 13.2. The number of amides is 1. The number of hydrogen-bond acceptors (Lipinski definition) is 3. The monoisotopic (exact) mass is 263 g/mol. The van der Waals surface area contributed by atoms with Gasteiger partial charge in [-0.25, -0.2) is 0 Å². The number of nitrogens with zero attached hydrogens (tertiary/aromatic N) is 1. The van der Waals surface area contributed by atoms with Crippen LogP contribution in [0.15, 0.2) is 17.3 Å². The minimum atomic E-state index is -0.461. The number of carbonyl (C=O) groups excluding carboxylic acids is 1. The van der Waals surface area contributed by atoms with Crippen molar-refractivity contribution in [1.29, 1.82) is 0 Å². The first-order valence-electron chi connectivity index (χ1n) is 6.26. The maximum atomic E-state index is 12.3. The second-order valence-electron chi connectivity index (χ2n) is 4.73. The van der Waals surface area contributed by atoms with E-state index in [9.17, 15) is 4.79 Å². The third-order valence-electron chi connectivity index (χ3n) is 3.09. The fourth-order valence-corrected chi connectivity index (χ4v) is 2.22. The van der Waals surface area contributed by atoms with E-state index in [-0.39, 0.29) is 11.7 Å². The molecule has 1 rings (SSSR count). The minimum absolute atomic E-state index is 0.0123. The summed E-state index contributed by atoms with van der Waals surface area (Å²) in [5.41, 5.74) is 9.15. The van der Waals surface area contributed by atoms with Crippen molar-refractivity contribution in [3.05, 3.63) is 34.4 Å². The molecule has 0 aromatic heterocycles. The van der Waals surface area contributed by atoms with E-state index in [1.807, 2.05) is 39.8 Å². The van der Waals surface area contributed by atoms with E-state index in [1.165, 1.54) is 0 Å². The molecule has 0 aliphatic heterocycles. The Kier molecular flexibility index (Phi) is 4.92. The van der Waals surface area contributed by atoms with E-state index < -0.39 is 6.04 Å². The quantitative estimate of drug-likeness (QED) is 0.335. The topological polar surface area (TPSA) is 87.7 Å². The standard InChI is InChI=1S/C14H21N3O2/c1-5-11(13(15)17-19)16-14(18)12-9(3)6-8(2)7-10(12)4/h6-7,11,19H,5H2,1-4H3,(H2,15,17)(H,16,18). The number of rotatable bonds is 4. The molecule has 1 aromatic carbocycles. The first kappa shape index (κ1) is 15.0. The van der Waals surface area contributed by atoms with Crippen LogP contribution in [-0.4, -0.2) is 23.0 Å². The number of nitrogens with one attached hydrogen (secondary N) is 1. The van der Waals surface area contributed by atoms with Crippen LogP contribution in [0.5, 0.6) is 0 Å². The van der Waals surface area contributed by atoms with Gasteiger partial charge in [-0.15, -0.1) is 0 Å². The Morgan fingerprint density at radius 3 is 2.32 bits per heavy atom. The molecule has 0 heterocycles. The van der Waals surface area contributed by atoms with Crippen molar-refractivity contribution in [3.63, 3.8) is 0 Å². The zero-order valence-corrected chi connectivity index (χ0v) is 11.8. The molecular weight excluding hydrogens is 242 g/mol. The molecule has 0 aliphatic carbocycles. The highest BCUT2D eigenvalue weighted by molar-refractivity contribution is 6.00. The van der Waals surface area contributed by atoms with Gasteiger partial charge in [-0.2, -0.15) is 0 Å². The molecule has 0 radical (unpaired) electrons. The molecule has 0 fully saturated rings. The van der Waals surface area contributed by atoms with Crippen molar-refractivity contribution < 1.29 is 10.0 Å². The molecule has 0 spiro atoms. The van der Waals surface area contributed by atoms with Gasteiger partial charge < -0.3 is 16.3 Å². The molecule has 19 heavy (non-hydrogen) atoms. The van der Waals surface area contributed by atoms with E-state index in [0.29, 0.717) is 12.0 Å². The Bertz CT molecular complexity index is 486. The van der Waals surface area contributed by atoms with E-state index in [2.05, 4.69) is 10.5 Å². The zero-order valence-electron chi connectivity index (χ0n) is 11.8. The third kappa shape index (κ3) is 3.47. The summed E-state index contributed by atoms with van der Waals surface area (Å²) in [5, 5.41) is 14.4. The number of nitrogens with two attached hydrogens (primary N) is 1. The molecule has 4 N–H and O–H groups in total. The van der Waals surface area contributed by atoms with Gasteiger partial charge in [0.2, 0.25) is 0 Å². The first-order chi connectivity index (χ1) is 8.90. The van der Waals surface area contributed by atoms with Crippen LogP contribution in [0, 0.1) is 20.8 Å². The highest BCUT2D eigenvalue weighted by Crippen LogP contribution is 2.16. The predicted molar refractivity (Wildman–Crippen MR) is 75.6 cm³/mol. The fourth-order valence-electron chi connectivity index (χ4n) is 2.22. The largest absolute Gasteiger partial charge is 0.409 e. The minimum Gasteiger partial charge on any atom is -0.409 e. The van der Waals surface area contributed by atoms with Gasteiger partial charge in [0.15, 0.2) is 5.84 Å². The van der Waals surface area contributed by atoms with Gasteiger partial charge in [0, 0.05) is 5.56 Å². The summed E-state index contributed by atoms with van der Waals surface area (Å²) >= 11 is 0. The fraction of sp³-hybridized carbons (Fsp3) is 0.429. The Labute approximate surface area is 113 Å². The lowest BCUT2D eigenvalue weighted by Crippen LogP contribution is -2.44. The van der Waals surface area contributed by atoms with E-state index >= 15 is 0 Å². The Hall–Kier alpha value is -2.04. The number of benzene rings is 1. The molecule has 5 nitrogen and oxygen atoms in total. The van der Waals surface area contributed by atoms with Crippen LogP contribution < -0.4 is 11.1 Å². The van der Waals surface area contributed by atoms with Crippen LogP contribution >= 0.6 is 0 Å². The van der Waals surface area contributed by atoms with Crippen molar-refractivity contribution in [2.45, 2.75) is 40.2 Å². The second-order valence-corrected chi connectivity index (χ2v) is 4.73. The lowest BCUT2D eigenvalue weighted by molar-refractivity contribution is 0.0944. The molecule has 0 saturated heterocycles. The molecular formula is C14H21N3O2. The van der Waals surface area contributed by atoms with Gasteiger partial charge in [0.1, 0.15) is 0 Å². The second kappa shape index (κ2) is 6.22. The van der Waals surface area contributed by atoms with Crippen LogP contribution in [0.1, 0.15) is 40.4 Å². The number of oxime groups is 1. The number of hydrogen-bond donors (Lipinski definition) is 3. The Balaban J connectivity index is 3.02. The first-order valence-corrected chi connectivity index (χ1v) is 6.26. The van der Waals surface area contributed by atoms with Crippen LogP contribution in [0.2, 0.25) is 0 Å². The Morgan fingerprint density at radius 1 is 1.37 bits per heavy atom. The average molecular weight is 263 g/mol. The summed E-state index contributed by atoms with van der Waals surface area (Å²) < 4.78 is 0. The molecule has 5 heteroatoms. The highest BCUT2D eigenvalue weighted by Gasteiger charge is 2.18. The van der Waals surface area contributed by atoms with Gasteiger partial charge in [-0.05, 0) is 38.3 Å². The van der Waals surface area contributed by atoms with Gasteiger partial charge in [-0.1, -0.05) is 29.8 Å². The van der Waals surface area contributed by atoms with Crippen molar-refractivity contribution in [1.82, 2.24) is 5.32 Å². The molecule has 1 aromatic rings. The summed E-state index contributed by atoms with van der Waals surface area (Å²) in [5.74, 6) is -0.188. The third-order valence-corrected chi connectivity index (χ3v) is 3.09. The van der Waals surface area contributed by atoms with Crippen molar-refractivity contribution in [2.24, 2.45) is 10.9 Å². The maximum absolute atomic E-state index is 12.3. The number of amidine groups is 1. The summed E-state index contributed by atoms with van der Waals surface area (Å²) in [6.45, 7) is 7.66. The average Bonchev–Trinajstić information content (AvgIpc) is 2.33. The van der Waals surface area contributed by atoms with E-state index in [0.717, 1.165) is 16.7 Å². The van der Waals surface area contributed by atoms with E-state index in [4.69, 9.17) is 10.9 Å². The summed E-state index contributed by atoms with van der Waals surface area (Å²) in [6, 6.07) is 3.47. The van der Waals surface area contributed by atoms with Gasteiger partial charge in [-0.3, -0.25) is 4.79 Å². The number of aryl methyl sites for hydroxylation is 3. The smallest absolute Gasteiger partial charge is 0.252 e. The van der Waals surface area contributed by atoms with Gasteiger partial charge >= 0.3 is 0 Å². The van der Waals surface area contributed by atoms with Crippen LogP contribution in [-0.2, 0) is 0 Å². The molecule has 1 amide bonds. The van der Waals surface area contributed by atoms with Crippen molar-refractivity contribution >= 4 is 11.7 Å². The SMILES string of the molecule is CCC(NC(=O)c1c(C)cc(C)cc1C)/C(N)=N/O. The lowest BCUT2D eigenvalue weighted by atomic mass is 9.99. The Morgan fingerprint density at radius 2 is 1.89 bits per heavy atom. The zero-order chi connectivity index (χ0) is 14.6. The molecule has 104 valence electrons. The maximum Gasteiger partial charge on any atom is 0.252 e.